The zero-order valence-corrected chi connectivity index (χ0v) is 7.01. The first-order valence-corrected chi connectivity index (χ1v) is 4.03. The monoisotopic (exact) mass is 171 g/mol. The van der Waals surface area contributed by atoms with Crippen molar-refractivity contribution in [2.75, 3.05) is 0 Å². The van der Waals surface area contributed by atoms with Gasteiger partial charge >= 0.3 is 0 Å². The standard InChI is InChI=1S/C10H9N3/c1-2-4-10(5-3-1)11-6-9-7-12-13-8-9/h1-8H,(H,12,13). The van der Waals surface area contributed by atoms with Gasteiger partial charge in [0.2, 0.25) is 0 Å². The molecule has 2 aromatic rings. The average Bonchev–Trinajstić information content (AvgIpc) is 2.69. The highest BCUT2D eigenvalue weighted by Gasteiger charge is 1.87. The Kier molecular flexibility index (Phi) is 2.18. The second-order valence-electron chi connectivity index (χ2n) is 2.63. The first-order chi connectivity index (χ1) is 6.45. The van der Waals surface area contributed by atoms with Crippen LogP contribution in [0.15, 0.2) is 47.7 Å². The molecule has 3 heteroatoms. The Bertz CT molecular complexity index is 376. The zero-order chi connectivity index (χ0) is 8.93. The number of benzene rings is 1. The van der Waals surface area contributed by atoms with Crippen molar-refractivity contribution >= 4 is 11.9 Å². The molecule has 0 radical (unpaired) electrons. The summed E-state index contributed by atoms with van der Waals surface area (Å²) in [5.41, 5.74) is 1.92. The van der Waals surface area contributed by atoms with Crippen LogP contribution in [0.4, 0.5) is 5.69 Å². The fourth-order valence-corrected chi connectivity index (χ4v) is 0.995. The molecule has 0 aliphatic heterocycles. The van der Waals surface area contributed by atoms with Crippen LogP contribution in [-0.4, -0.2) is 16.4 Å². The van der Waals surface area contributed by atoms with Crippen LogP contribution in [0, 0.1) is 0 Å². The van der Waals surface area contributed by atoms with E-state index in [0.717, 1.165) is 11.3 Å². The molecule has 1 aromatic heterocycles. The van der Waals surface area contributed by atoms with E-state index in [0.29, 0.717) is 0 Å². The van der Waals surface area contributed by atoms with Gasteiger partial charge in [0.25, 0.3) is 0 Å². The van der Waals surface area contributed by atoms with Gasteiger partial charge in [0.1, 0.15) is 0 Å². The molecule has 2 rings (SSSR count). The van der Waals surface area contributed by atoms with Gasteiger partial charge in [-0.25, -0.2) is 0 Å². The predicted molar refractivity (Wildman–Crippen MR) is 52.3 cm³/mol. The first-order valence-electron chi connectivity index (χ1n) is 4.03. The van der Waals surface area contributed by atoms with Gasteiger partial charge in [0, 0.05) is 18.0 Å². The normalized spacial score (nSPS) is 10.8. The summed E-state index contributed by atoms with van der Waals surface area (Å²) in [6, 6.07) is 9.80. The van der Waals surface area contributed by atoms with Crippen LogP contribution < -0.4 is 0 Å². The Labute approximate surface area is 76.1 Å². The van der Waals surface area contributed by atoms with Gasteiger partial charge in [-0.15, -0.1) is 0 Å². The number of para-hydroxylation sites is 1. The maximum Gasteiger partial charge on any atom is 0.0629 e. The van der Waals surface area contributed by atoms with E-state index in [2.05, 4.69) is 15.2 Å². The Morgan fingerprint density at radius 1 is 1.23 bits per heavy atom. The summed E-state index contributed by atoms with van der Waals surface area (Å²) in [5.74, 6) is 0. The summed E-state index contributed by atoms with van der Waals surface area (Å²) in [4.78, 5) is 4.26. The molecule has 3 nitrogen and oxygen atoms in total. The maximum absolute atomic E-state index is 4.26. The van der Waals surface area contributed by atoms with Crippen LogP contribution >= 0.6 is 0 Å². The number of aromatic nitrogens is 2. The molecule has 64 valence electrons. The summed E-state index contributed by atoms with van der Waals surface area (Å²) in [6.07, 6.45) is 5.30. The molecule has 1 N–H and O–H groups in total. The molecule has 0 atom stereocenters. The molecule has 0 aliphatic rings. The lowest BCUT2D eigenvalue weighted by Gasteiger charge is -1.89. The molecule has 0 saturated carbocycles. The van der Waals surface area contributed by atoms with Crippen molar-refractivity contribution in [3.8, 4) is 0 Å². The molecule has 0 bridgehead atoms. The molecule has 13 heavy (non-hydrogen) atoms. The first kappa shape index (κ1) is 7.73. The van der Waals surface area contributed by atoms with Crippen LogP contribution in [0.25, 0.3) is 0 Å². The fraction of sp³-hybridized carbons (Fsp3) is 0. The SMILES string of the molecule is C(=Nc1ccccc1)c1cn[nH]c1. The number of hydrogen-bond donors (Lipinski definition) is 1. The number of aliphatic imine (C=N–C) groups is 1. The van der Waals surface area contributed by atoms with Crippen LogP contribution in [0.2, 0.25) is 0 Å². The summed E-state index contributed by atoms with van der Waals surface area (Å²) < 4.78 is 0. The van der Waals surface area contributed by atoms with Crippen molar-refractivity contribution < 1.29 is 0 Å². The largest absolute Gasteiger partial charge is 0.285 e. The van der Waals surface area contributed by atoms with E-state index in [1.54, 1.807) is 18.6 Å². The lowest BCUT2D eigenvalue weighted by Crippen LogP contribution is -1.73. The number of aromatic amines is 1. The lowest BCUT2D eigenvalue weighted by atomic mass is 10.3. The molecule has 0 aliphatic carbocycles. The van der Waals surface area contributed by atoms with Crippen molar-refractivity contribution in [1.82, 2.24) is 10.2 Å². The van der Waals surface area contributed by atoms with Gasteiger partial charge in [-0.3, -0.25) is 10.1 Å². The van der Waals surface area contributed by atoms with Crippen LogP contribution in [0.3, 0.4) is 0 Å². The molecular formula is C10H9N3. The zero-order valence-electron chi connectivity index (χ0n) is 7.01. The molecule has 1 aromatic carbocycles. The molecule has 0 spiro atoms. The van der Waals surface area contributed by atoms with Crippen molar-refractivity contribution in [2.24, 2.45) is 4.99 Å². The minimum Gasteiger partial charge on any atom is -0.285 e. The van der Waals surface area contributed by atoms with Crippen molar-refractivity contribution in [3.63, 3.8) is 0 Å². The van der Waals surface area contributed by atoms with Gasteiger partial charge in [0.15, 0.2) is 0 Å². The van der Waals surface area contributed by atoms with E-state index < -0.39 is 0 Å². The smallest absolute Gasteiger partial charge is 0.0629 e. The second kappa shape index (κ2) is 3.67. The molecule has 1 heterocycles. The summed E-state index contributed by atoms with van der Waals surface area (Å²) in [6.45, 7) is 0. The van der Waals surface area contributed by atoms with Crippen molar-refractivity contribution in [1.29, 1.82) is 0 Å². The Hall–Kier alpha value is -1.90. The predicted octanol–water partition coefficient (Wildman–Crippen LogP) is 2.16. The van der Waals surface area contributed by atoms with E-state index in [4.69, 9.17) is 0 Å². The molecule has 0 fully saturated rings. The van der Waals surface area contributed by atoms with Gasteiger partial charge in [-0.1, -0.05) is 18.2 Å². The molecule has 0 amide bonds. The van der Waals surface area contributed by atoms with Gasteiger partial charge < -0.3 is 0 Å². The van der Waals surface area contributed by atoms with Crippen molar-refractivity contribution in [3.05, 3.63) is 48.3 Å². The average molecular weight is 171 g/mol. The van der Waals surface area contributed by atoms with E-state index in [9.17, 15) is 0 Å². The highest BCUT2D eigenvalue weighted by Crippen LogP contribution is 2.09. The van der Waals surface area contributed by atoms with E-state index in [-0.39, 0.29) is 0 Å². The van der Waals surface area contributed by atoms with Crippen LogP contribution in [0.1, 0.15) is 5.56 Å². The van der Waals surface area contributed by atoms with Gasteiger partial charge in [-0.05, 0) is 12.1 Å². The number of H-pyrrole nitrogens is 1. The van der Waals surface area contributed by atoms with Gasteiger partial charge in [0.05, 0.1) is 11.9 Å². The highest BCUT2D eigenvalue weighted by atomic mass is 15.1. The third-order valence-corrected chi connectivity index (χ3v) is 1.64. The quantitative estimate of drug-likeness (QED) is 0.691. The number of hydrogen-bond acceptors (Lipinski definition) is 2. The summed E-state index contributed by atoms with van der Waals surface area (Å²) in [5, 5.41) is 6.54. The Morgan fingerprint density at radius 3 is 2.77 bits per heavy atom. The number of nitrogens with one attached hydrogen (secondary N) is 1. The summed E-state index contributed by atoms with van der Waals surface area (Å²) >= 11 is 0. The van der Waals surface area contributed by atoms with Crippen LogP contribution in [0.5, 0.6) is 0 Å². The molecule has 0 saturated heterocycles. The van der Waals surface area contributed by atoms with E-state index in [1.165, 1.54) is 0 Å². The number of rotatable bonds is 2. The second-order valence-corrected chi connectivity index (χ2v) is 2.63. The fourth-order valence-electron chi connectivity index (χ4n) is 0.995. The Morgan fingerprint density at radius 2 is 2.08 bits per heavy atom. The maximum atomic E-state index is 4.26. The minimum atomic E-state index is 0.948. The molecule has 0 unspecified atom stereocenters. The van der Waals surface area contributed by atoms with E-state index >= 15 is 0 Å². The Balaban J connectivity index is 2.15. The molecular weight excluding hydrogens is 162 g/mol. The number of nitrogens with zero attached hydrogens (tertiary/aromatic N) is 2. The lowest BCUT2D eigenvalue weighted by molar-refractivity contribution is 1.09. The van der Waals surface area contributed by atoms with Crippen LogP contribution in [-0.2, 0) is 0 Å². The third kappa shape index (κ3) is 2.02. The van der Waals surface area contributed by atoms with Gasteiger partial charge in [-0.2, -0.15) is 5.10 Å². The summed E-state index contributed by atoms with van der Waals surface area (Å²) in [7, 11) is 0. The van der Waals surface area contributed by atoms with Crippen molar-refractivity contribution in [2.45, 2.75) is 0 Å². The van der Waals surface area contributed by atoms with E-state index in [1.807, 2.05) is 30.3 Å². The third-order valence-electron chi connectivity index (χ3n) is 1.64. The minimum absolute atomic E-state index is 0.948. The highest BCUT2D eigenvalue weighted by molar-refractivity contribution is 5.80. The topological polar surface area (TPSA) is 41.0 Å².